The molecule has 0 aliphatic rings. The summed E-state index contributed by atoms with van der Waals surface area (Å²) in [6, 6.07) is 10.2. The molecule has 2 aromatic rings. The Morgan fingerprint density at radius 1 is 1.47 bits per heavy atom. The van der Waals surface area contributed by atoms with E-state index in [-0.39, 0.29) is 12.3 Å². The third-order valence-corrected chi connectivity index (χ3v) is 2.46. The summed E-state index contributed by atoms with van der Waals surface area (Å²) in [5.74, 6) is -0.186. The maximum absolute atomic E-state index is 11.5. The third-order valence-electron chi connectivity index (χ3n) is 2.46. The average Bonchev–Trinajstić information content (AvgIpc) is 2.81. The van der Waals surface area contributed by atoms with Crippen LogP contribution in [0.5, 0.6) is 0 Å². The summed E-state index contributed by atoms with van der Waals surface area (Å²) in [5, 5.41) is 12.8. The van der Waals surface area contributed by atoms with Crippen LogP contribution in [0.1, 0.15) is 23.0 Å². The molecule has 6 heteroatoms. The highest BCUT2D eigenvalue weighted by Gasteiger charge is 2.14. The molecule has 19 heavy (non-hydrogen) atoms. The van der Waals surface area contributed by atoms with Gasteiger partial charge >= 0.3 is 5.97 Å². The number of esters is 1. The van der Waals surface area contributed by atoms with Crippen LogP contribution in [0.15, 0.2) is 30.3 Å². The molecular weight excluding hydrogens is 244 g/mol. The lowest BCUT2D eigenvalue weighted by Gasteiger charge is -2.03. The van der Waals surface area contributed by atoms with Crippen molar-refractivity contribution in [3.63, 3.8) is 0 Å². The molecular formula is C13H12N4O2. The quantitative estimate of drug-likeness (QED) is 0.840. The molecule has 2 rings (SSSR count). The lowest BCUT2D eigenvalue weighted by molar-refractivity contribution is 0.0519. The normalized spacial score (nSPS) is 9.89. The van der Waals surface area contributed by atoms with Crippen LogP contribution in [0.4, 0.5) is 5.82 Å². The van der Waals surface area contributed by atoms with Gasteiger partial charge in [0.25, 0.3) is 0 Å². The summed E-state index contributed by atoms with van der Waals surface area (Å²) < 4.78 is 6.28. The zero-order chi connectivity index (χ0) is 13.8. The fourth-order valence-electron chi connectivity index (χ4n) is 1.58. The van der Waals surface area contributed by atoms with Gasteiger partial charge in [-0.2, -0.15) is 10.4 Å². The minimum absolute atomic E-state index is 0.156. The van der Waals surface area contributed by atoms with Gasteiger partial charge in [0.1, 0.15) is 5.82 Å². The van der Waals surface area contributed by atoms with Crippen LogP contribution < -0.4 is 5.73 Å². The van der Waals surface area contributed by atoms with E-state index in [0.29, 0.717) is 17.1 Å². The van der Waals surface area contributed by atoms with Crippen molar-refractivity contribution < 1.29 is 9.53 Å². The molecule has 0 bridgehead atoms. The SMILES string of the molecule is CCOC(=O)c1cc(N)n(-c2ccc(C#N)cc2)n1. The second-order valence-electron chi connectivity index (χ2n) is 3.75. The smallest absolute Gasteiger partial charge is 0.358 e. The van der Waals surface area contributed by atoms with Crippen molar-refractivity contribution in [1.82, 2.24) is 9.78 Å². The van der Waals surface area contributed by atoms with Gasteiger partial charge in [-0.25, -0.2) is 9.48 Å². The summed E-state index contributed by atoms with van der Waals surface area (Å²) in [4.78, 5) is 11.5. The highest BCUT2D eigenvalue weighted by molar-refractivity contribution is 5.88. The van der Waals surface area contributed by atoms with Gasteiger partial charge in [-0.3, -0.25) is 0 Å². The van der Waals surface area contributed by atoms with Gasteiger partial charge < -0.3 is 10.5 Å². The minimum Gasteiger partial charge on any atom is -0.461 e. The molecule has 0 spiro atoms. The number of ether oxygens (including phenoxy) is 1. The molecule has 1 heterocycles. The molecule has 0 aliphatic heterocycles. The molecule has 6 nitrogen and oxygen atoms in total. The van der Waals surface area contributed by atoms with Crippen molar-refractivity contribution in [2.45, 2.75) is 6.92 Å². The number of nitriles is 1. The second-order valence-corrected chi connectivity index (χ2v) is 3.75. The predicted octanol–water partition coefficient (Wildman–Crippen LogP) is 1.50. The van der Waals surface area contributed by atoms with E-state index in [1.807, 2.05) is 6.07 Å². The van der Waals surface area contributed by atoms with E-state index in [1.54, 1.807) is 31.2 Å². The van der Waals surface area contributed by atoms with E-state index in [9.17, 15) is 4.79 Å². The number of benzene rings is 1. The summed E-state index contributed by atoms with van der Waals surface area (Å²) in [6.07, 6.45) is 0. The minimum atomic E-state index is -0.512. The number of hydrogen-bond donors (Lipinski definition) is 1. The molecule has 0 atom stereocenters. The topological polar surface area (TPSA) is 93.9 Å². The largest absolute Gasteiger partial charge is 0.461 e. The maximum Gasteiger partial charge on any atom is 0.358 e. The number of carbonyl (C=O) groups excluding carboxylic acids is 1. The monoisotopic (exact) mass is 256 g/mol. The van der Waals surface area contributed by atoms with Gasteiger partial charge in [-0.15, -0.1) is 0 Å². The van der Waals surface area contributed by atoms with Crippen molar-refractivity contribution in [2.75, 3.05) is 12.3 Å². The number of hydrogen-bond acceptors (Lipinski definition) is 5. The zero-order valence-electron chi connectivity index (χ0n) is 10.3. The summed E-state index contributed by atoms with van der Waals surface area (Å²) >= 11 is 0. The first-order chi connectivity index (χ1) is 9.15. The zero-order valence-corrected chi connectivity index (χ0v) is 10.3. The number of carbonyl (C=O) groups is 1. The number of nitrogens with zero attached hydrogens (tertiary/aromatic N) is 3. The predicted molar refractivity (Wildman–Crippen MR) is 68.6 cm³/mol. The highest BCUT2D eigenvalue weighted by atomic mass is 16.5. The molecule has 0 fully saturated rings. The Balaban J connectivity index is 2.34. The Morgan fingerprint density at radius 2 is 2.16 bits per heavy atom. The fraction of sp³-hybridized carbons (Fsp3) is 0.154. The van der Waals surface area contributed by atoms with E-state index in [4.69, 9.17) is 15.7 Å². The third kappa shape index (κ3) is 2.55. The summed E-state index contributed by atoms with van der Waals surface area (Å²) in [6.45, 7) is 2.00. The fourth-order valence-corrected chi connectivity index (χ4v) is 1.58. The highest BCUT2D eigenvalue weighted by Crippen LogP contribution is 2.15. The van der Waals surface area contributed by atoms with E-state index in [2.05, 4.69) is 5.10 Å². The van der Waals surface area contributed by atoms with Crippen molar-refractivity contribution in [2.24, 2.45) is 0 Å². The molecule has 0 saturated heterocycles. The summed E-state index contributed by atoms with van der Waals surface area (Å²) in [5.41, 5.74) is 7.18. The van der Waals surface area contributed by atoms with Crippen molar-refractivity contribution in [1.29, 1.82) is 5.26 Å². The van der Waals surface area contributed by atoms with Crippen LogP contribution in [-0.2, 0) is 4.74 Å². The molecule has 96 valence electrons. The molecule has 1 aromatic heterocycles. The molecule has 0 aliphatic carbocycles. The standard InChI is InChI=1S/C13H12N4O2/c1-2-19-13(18)11-7-12(15)17(16-11)10-5-3-9(8-14)4-6-10/h3-7H,2,15H2,1H3. The number of rotatable bonds is 3. The van der Waals surface area contributed by atoms with Gasteiger partial charge in [0.05, 0.1) is 23.9 Å². The van der Waals surface area contributed by atoms with Crippen LogP contribution in [0.2, 0.25) is 0 Å². The maximum atomic E-state index is 11.5. The average molecular weight is 256 g/mol. The Hall–Kier alpha value is -2.81. The van der Waals surface area contributed by atoms with Crippen LogP contribution in [0.25, 0.3) is 5.69 Å². The van der Waals surface area contributed by atoms with Crippen molar-refractivity contribution in [3.8, 4) is 11.8 Å². The Labute approximate surface area is 110 Å². The van der Waals surface area contributed by atoms with Gasteiger partial charge in [0.2, 0.25) is 0 Å². The van der Waals surface area contributed by atoms with E-state index < -0.39 is 5.97 Å². The van der Waals surface area contributed by atoms with Crippen molar-refractivity contribution in [3.05, 3.63) is 41.6 Å². The van der Waals surface area contributed by atoms with Crippen molar-refractivity contribution >= 4 is 11.8 Å². The van der Waals surface area contributed by atoms with E-state index >= 15 is 0 Å². The van der Waals surface area contributed by atoms with Gasteiger partial charge in [0.15, 0.2) is 5.69 Å². The first kappa shape index (κ1) is 12.6. The van der Waals surface area contributed by atoms with Crippen LogP contribution in [0.3, 0.4) is 0 Å². The van der Waals surface area contributed by atoms with Gasteiger partial charge in [-0.1, -0.05) is 0 Å². The molecule has 1 aromatic carbocycles. The second kappa shape index (κ2) is 5.23. The van der Waals surface area contributed by atoms with Crippen LogP contribution in [-0.4, -0.2) is 22.4 Å². The lowest BCUT2D eigenvalue weighted by Crippen LogP contribution is -2.07. The molecule has 0 saturated carbocycles. The van der Waals surface area contributed by atoms with E-state index in [0.717, 1.165) is 0 Å². The van der Waals surface area contributed by atoms with Crippen LogP contribution in [0, 0.1) is 11.3 Å². The first-order valence-corrected chi connectivity index (χ1v) is 5.69. The van der Waals surface area contributed by atoms with Gasteiger partial charge in [0, 0.05) is 6.07 Å². The lowest BCUT2D eigenvalue weighted by atomic mass is 10.2. The molecule has 0 radical (unpaired) electrons. The molecule has 0 unspecified atom stereocenters. The van der Waals surface area contributed by atoms with Crippen LogP contribution >= 0.6 is 0 Å². The number of nitrogen functional groups attached to an aromatic ring is 1. The Morgan fingerprint density at radius 3 is 2.74 bits per heavy atom. The molecule has 2 N–H and O–H groups in total. The summed E-state index contributed by atoms with van der Waals surface area (Å²) in [7, 11) is 0. The first-order valence-electron chi connectivity index (χ1n) is 5.69. The Kier molecular flexibility index (Phi) is 3.48. The Bertz CT molecular complexity index is 638. The molecule has 0 amide bonds. The number of anilines is 1. The number of nitrogens with two attached hydrogens (primary N) is 1. The van der Waals surface area contributed by atoms with Gasteiger partial charge in [-0.05, 0) is 31.2 Å². The van der Waals surface area contributed by atoms with E-state index in [1.165, 1.54) is 10.7 Å². The number of aromatic nitrogens is 2.